The van der Waals surface area contributed by atoms with Crippen LogP contribution in [-0.4, -0.2) is 39.6 Å². The Kier molecular flexibility index (Phi) is 4.30. The molecule has 0 saturated carbocycles. The summed E-state index contributed by atoms with van der Waals surface area (Å²) in [6.07, 6.45) is 3.02. The summed E-state index contributed by atoms with van der Waals surface area (Å²) in [5.41, 5.74) is 1.12. The van der Waals surface area contributed by atoms with Crippen LogP contribution in [-0.2, 0) is 10.8 Å². The Morgan fingerprint density at radius 2 is 1.75 bits per heavy atom. The van der Waals surface area contributed by atoms with Gasteiger partial charge in [0.15, 0.2) is 0 Å². The van der Waals surface area contributed by atoms with Gasteiger partial charge < -0.3 is 14.5 Å². The van der Waals surface area contributed by atoms with E-state index in [2.05, 4.69) is 15.0 Å². The van der Waals surface area contributed by atoms with Crippen molar-refractivity contribution in [2.75, 3.05) is 20.5 Å². The standard InChI is InChI=1S/C16H15N3O4S/c1-22-11-4-9(5-12(7-11)23-2)13-6-10-8-17-16(24(3)21)19-14(10)18-15(13)20/h4-8H,1-3H3,(H,17,18,19,20). The minimum atomic E-state index is -1.32. The molecule has 24 heavy (non-hydrogen) atoms. The van der Waals surface area contributed by atoms with Gasteiger partial charge in [-0.05, 0) is 23.8 Å². The Morgan fingerprint density at radius 3 is 2.33 bits per heavy atom. The molecular formula is C16H15N3O4S. The fourth-order valence-electron chi connectivity index (χ4n) is 2.29. The van der Waals surface area contributed by atoms with Crippen LogP contribution in [0.15, 0.2) is 40.4 Å². The average Bonchev–Trinajstić information content (AvgIpc) is 2.59. The molecule has 1 unspecified atom stereocenters. The van der Waals surface area contributed by atoms with Crippen LogP contribution in [0.2, 0.25) is 0 Å². The highest BCUT2D eigenvalue weighted by molar-refractivity contribution is 7.84. The second-order valence-electron chi connectivity index (χ2n) is 5.02. The predicted molar refractivity (Wildman–Crippen MR) is 91.0 cm³/mol. The molecule has 0 bridgehead atoms. The van der Waals surface area contributed by atoms with Gasteiger partial charge in [0.2, 0.25) is 5.16 Å². The number of methoxy groups -OCH3 is 2. The number of hydrogen-bond acceptors (Lipinski definition) is 6. The Morgan fingerprint density at radius 1 is 1.08 bits per heavy atom. The molecule has 2 heterocycles. The van der Waals surface area contributed by atoms with Crippen LogP contribution >= 0.6 is 0 Å². The number of nitrogens with zero attached hydrogens (tertiary/aromatic N) is 2. The summed E-state index contributed by atoms with van der Waals surface area (Å²) in [7, 11) is 1.77. The summed E-state index contributed by atoms with van der Waals surface area (Å²) in [5, 5.41) is 0.814. The SMILES string of the molecule is COc1cc(OC)cc(-c2cc3cnc(S(C)=O)nc3[nH]c2=O)c1. The fraction of sp³-hybridized carbons (Fsp3) is 0.188. The maximum atomic E-state index is 12.4. The first-order valence-corrected chi connectivity index (χ1v) is 8.54. The van der Waals surface area contributed by atoms with E-state index in [9.17, 15) is 9.00 Å². The molecule has 0 radical (unpaired) electrons. The van der Waals surface area contributed by atoms with Crippen LogP contribution in [0.1, 0.15) is 0 Å². The molecule has 0 aliphatic heterocycles. The fourth-order valence-corrected chi connectivity index (χ4v) is 2.71. The van der Waals surface area contributed by atoms with Gasteiger partial charge in [-0.2, -0.15) is 0 Å². The molecule has 1 aromatic carbocycles. The van der Waals surface area contributed by atoms with Gasteiger partial charge in [-0.1, -0.05) is 0 Å². The molecule has 124 valence electrons. The first-order valence-electron chi connectivity index (χ1n) is 6.99. The van der Waals surface area contributed by atoms with Crippen LogP contribution < -0.4 is 15.0 Å². The summed E-state index contributed by atoms with van der Waals surface area (Å²) in [6.45, 7) is 0. The Hall–Kier alpha value is -2.74. The number of hydrogen-bond donors (Lipinski definition) is 1. The van der Waals surface area contributed by atoms with Crippen LogP contribution in [0.4, 0.5) is 0 Å². The summed E-state index contributed by atoms with van der Waals surface area (Å²) in [4.78, 5) is 23.3. The Balaban J connectivity index is 2.20. The van der Waals surface area contributed by atoms with Crippen molar-refractivity contribution in [3.05, 3.63) is 40.8 Å². The molecule has 0 aliphatic carbocycles. The summed E-state index contributed by atoms with van der Waals surface area (Å²) in [6, 6.07) is 6.90. The van der Waals surface area contributed by atoms with E-state index < -0.39 is 10.8 Å². The van der Waals surface area contributed by atoms with E-state index in [0.29, 0.717) is 33.7 Å². The smallest absolute Gasteiger partial charge is 0.257 e. The average molecular weight is 345 g/mol. The van der Waals surface area contributed by atoms with Crippen LogP contribution in [0, 0.1) is 0 Å². The largest absolute Gasteiger partial charge is 0.497 e. The topological polar surface area (TPSA) is 94.2 Å². The minimum Gasteiger partial charge on any atom is -0.497 e. The summed E-state index contributed by atoms with van der Waals surface area (Å²) >= 11 is 0. The molecule has 0 spiro atoms. The van der Waals surface area contributed by atoms with Crippen molar-refractivity contribution in [3.8, 4) is 22.6 Å². The van der Waals surface area contributed by atoms with Gasteiger partial charge in [-0.15, -0.1) is 0 Å². The van der Waals surface area contributed by atoms with Gasteiger partial charge in [0.1, 0.15) is 17.1 Å². The molecule has 0 saturated heterocycles. The zero-order chi connectivity index (χ0) is 17.3. The number of pyridine rings is 1. The van der Waals surface area contributed by atoms with Crippen molar-refractivity contribution in [2.45, 2.75) is 5.16 Å². The van der Waals surface area contributed by atoms with E-state index in [4.69, 9.17) is 9.47 Å². The van der Waals surface area contributed by atoms with E-state index in [1.165, 1.54) is 12.5 Å². The van der Waals surface area contributed by atoms with Crippen molar-refractivity contribution < 1.29 is 13.7 Å². The summed E-state index contributed by atoms with van der Waals surface area (Å²) in [5.74, 6) is 1.16. The van der Waals surface area contributed by atoms with Gasteiger partial charge >= 0.3 is 0 Å². The lowest BCUT2D eigenvalue weighted by molar-refractivity contribution is 0.394. The number of fused-ring (bicyclic) bond motifs is 1. The monoisotopic (exact) mass is 345 g/mol. The lowest BCUT2D eigenvalue weighted by atomic mass is 10.1. The Labute approximate surface area is 140 Å². The molecule has 0 amide bonds. The summed E-state index contributed by atoms with van der Waals surface area (Å²) < 4.78 is 21.9. The number of aromatic amines is 1. The second-order valence-corrected chi connectivity index (χ2v) is 6.30. The van der Waals surface area contributed by atoms with Crippen molar-refractivity contribution in [3.63, 3.8) is 0 Å². The third-order valence-electron chi connectivity index (χ3n) is 3.49. The molecule has 0 fully saturated rings. The van der Waals surface area contributed by atoms with E-state index >= 15 is 0 Å². The lowest BCUT2D eigenvalue weighted by Crippen LogP contribution is -2.11. The first-order chi connectivity index (χ1) is 11.5. The molecule has 3 rings (SSSR count). The quantitative estimate of drug-likeness (QED) is 0.724. The molecule has 7 nitrogen and oxygen atoms in total. The van der Waals surface area contributed by atoms with Gasteiger partial charge in [0.25, 0.3) is 5.56 Å². The highest BCUT2D eigenvalue weighted by Gasteiger charge is 2.11. The predicted octanol–water partition coefficient (Wildman–Crippen LogP) is 1.74. The van der Waals surface area contributed by atoms with Crippen LogP contribution in [0.25, 0.3) is 22.2 Å². The lowest BCUT2D eigenvalue weighted by Gasteiger charge is -2.09. The number of rotatable bonds is 4. The maximum absolute atomic E-state index is 12.4. The molecular weight excluding hydrogens is 330 g/mol. The number of ether oxygens (including phenoxy) is 2. The highest BCUT2D eigenvalue weighted by Crippen LogP contribution is 2.28. The van der Waals surface area contributed by atoms with Crippen molar-refractivity contribution >= 4 is 21.8 Å². The minimum absolute atomic E-state index is 0.175. The van der Waals surface area contributed by atoms with Crippen molar-refractivity contribution in [2.24, 2.45) is 0 Å². The van der Waals surface area contributed by atoms with Crippen molar-refractivity contribution in [1.29, 1.82) is 0 Å². The highest BCUT2D eigenvalue weighted by atomic mass is 32.2. The van der Waals surface area contributed by atoms with E-state index in [1.807, 2.05) is 0 Å². The number of nitrogens with one attached hydrogen (secondary N) is 1. The molecule has 2 aromatic heterocycles. The third-order valence-corrected chi connectivity index (χ3v) is 4.20. The maximum Gasteiger partial charge on any atom is 0.257 e. The first kappa shape index (κ1) is 16.1. The third kappa shape index (κ3) is 3.00. The van der Waals surface area contributed by atoms with Gasteiger partial charge in [0.05, 0.1) is 25.0 Å². The van der Waals surface area contributed by atoms with Crippen LogP contribution in [0.3, 0.4) is 0 Å². The number of H-pyrrole nitrogens is 1. The molecule has 1 N–H and O–H groups in total. The number of benzene rings is 1. The van der Waals surface area contributed by atoms with E-state index in [0.717, 1.165) is 0 Å². The molecule has 8 heteroatoms. The van der Waals surface area contributed by atoms with E-state index in [1.54, 1.807) is 38.5 Å². The van der Waals surface area contributed by atoms with Gasteiger partial charge in [-0.3, -0.25) is 9.00 Å². The van der Waals surface area contributed by atoms with Crippen LogP contribution in [0.5, 0.6) is 11.5 Å². The molecule has 1 atom stereocenters. The van der Waals surface area contributed by atoms with Gasteiger partial charge in [-0.25, -0.2) is 9.97 Å². The zero-order valence-corrected chi connectivity index (χ0v) is 14.1. The van der Waals surface area contributed by atoms with Gasteiger partial charge in [0, 0.05) is 29.5 Å². The van der Waals surface area contributed by atoms with E-state index in [-0.39, 0.29) is 10.7 Å². The molecule has 0 aliphatic rings. The Bertz CT molecular complexity index is 978. The second kappa shape index (κ2) is 6.40. The molecule has 3 aromatic rings. The van der Waals surface area contributed by atoms with Crippen molar-refractivity contribution in [1.82, 2.24) is 15.0 Å². The zero-order valence-electron chi connectivity index (χ0n) is 13.3. The normalized spacial score (nSPS) is 12.1. The number of aromatic nitrogens is 3.